The molecule has 0 fully saturated rings. The van der Waals surface area contributed by atoms with Crippen LogP contribution in [0, 0.1) is 0 Å². The van der Waals surface area contributed by atoms with Crippen LogP contribution < -0.4 is 15.2 Å². The maximum Gasteiger partial charge on any atom is 0.127 e. The predicted octanol–water partition coefficient (Wildman–Crippen LogP) is 2.19. The molecule has 0 aliphatic heterocycles. The van der Waals surface area contributed by atoms with Crippen molar-refractivity contribution in [2.75, 3.05) is 14.2 Å². The van der Waals surface area contributed by atoms with Gasteiger partial charge in [-0.15, -0.1) is 0 Å². The maximum atomic E-state index is 5.50. The Morgan fingerprint density at radius 2 is 1.79 bits per heavy atom. The van der Waals surface area contributed by atoms with E-state index in [1.54, 1.807) is 14.2 Å². The molecule has 0 amide bonds. The summed E-state index contributed by atoms with van der Waals surface area (Å²) in [6.07, 6.45) is 0. The second-order valence-electron chi connectivity index (χ2n) is 2.38. The van der Waals surface area contributed by atoms with Crippen molar-refractivity contribution >= 4 is 0 Å². The molecule has 2 N–H and O–H groups in total. The molecule has 0 spiro atoms. The lowest BCUT2D eigenvalue weighted by atomic mass is 10.2. The highest BCUT2D eigenvalue weighted by molar-refractivity contribution is 5.40. The van der Waals surface area contributed by atoms with Gasteiger partial charge >= 0.3 is 0 Å². The number of nitrogens with two attached hydrogens (primary N) is 1. The van der Waals surface area contributed by atoms with Gasteiger partial charge in [-0.05, 0) is 6.07 Å². The van der Waals surface area contributed by atoms with Crippen LogP contribution >= 0.6 is 0 Å². The molecule has 0 saturated carbocycles. The van der Waals surface area contributed by atoms with E-state index >= 15 is 0 Å². The molecule has 3 nitrogen and oxygen atoms in total. The van der Waals surface area contributed by atoms with Gasteiger partial charge in [0.2, 0.25) is 0 Å². The van der Waals surface area contributed by atoms with Gasteiger partial charge in [-0.1, -0.05) is 19.9 Å². The van der Waals surface area contributed by atoms with Crippen LogP contribution in [0.1, 0.15) is 19.4 Å². The second kappa shape index (κ2) is 7.21. The Kier molecular flexibility index (Phi) is 6.58. The van der Waals surface area contributed by atoms with Crippen LogP contribution in [-0.2, 0) is 6.54 Å². The van der Waals surface area contributed by atoms with Gasteiger partial charge in [0, 0.05) is 18.2 Å². The highest BCUT2D eigenvalue weighted by Crippen LogP contribution is 2.23. The highest BCUT2D eigenvalue weighted by atomic mass is 16.5. The Hall–Kier alpha value is -1.22. The van der Waals surface area contributed by atoms with Gasteiger partial charge in [0.05, 0.1) is 14.2 Å². The molecule has 1 aromatic rings. The van der Waals surface area contributed by atoms with E-state index in [-0.39, 0.29) is 0 Å². The molecular weight excluding hydrogens is 178 g/mol. The number of rotatable bonds is 3. The molecule has 1 aromatic carbocycles. The highest BCUT2D eigenvalue weighted by Gasteiger charge is 2.01. The molecule has 14 heavy (non-hydrogen) atoms. The summed E-state index contributed by atoms with van der Waals surface area (Å²) in [7, 11) is 3.24. The van der Waals surface area contributed by atoms with Gasteiger partial charge in [-0.25, -0.2) is 0 Å². The smallest absolute Gasteiger partial charge is 0.127 e. The summed E-state index contributed by atoms with van der Waals surface area (Å²) in [4.78, 5) is 0. The fourth-order valence-electron chi connectivity index (χ4n) is 1.02. The first-order valence-electron chi connectivity index (χ1n) is 4.72. The summed E-state index contributed by atoms with van der Waals surface area (Å²) >= 11 is 0. The lowest BCUT2D eigenvalue weighted by molar-refractivity contribution is 0.391. The largest absolute Gasteiger partial charge is 0.497 e. The van der Waals surface area contributed by atoms with Gasteiger partial charge in [-0.2, -0.15) is 0 Å². The quantitative estimate of drug-likeness (QED) is 0.807. The van der Waals surface area contributed by atoms with Crippen molar-refractivity contribution in [2.45, 2.75) is 20.4 Å². The van der Waals surface area contributed by atoms with Crippen LogP contribution in [-0.4, -0.2) is 14.2 Å². The minimum Gasteiger partial charge on any atom is -0.497 e. The molecule has 3 heteroatoms. The maximum absolute atomic E-state index is 5.50. The van der Waals surface area contributed by atoms with Crippen molar-refractivity contribution in [3.8, 4) is 11.5 Å². The first-order chi connectivity index (χ1) is 6.81. The Bertz CT molecular complexity index is 261. The van der Waals surface area contributed by atoms with Crippen LogP contribution in [0.3, 0.4) is 0 Å². The monoisotopic (exact) mass is 197 g/mol. The topological polar surface area (TPSA) is 44.5 Å². The molecule has 0 aliphatic carbocycles. The van der Waals surface area contributed by atoms with Gasteiger partial charge in [0.25, 0.3) is 0 Å². The molecule has 0 heterocycles. The molecule has 0 radical (unpaired) electrons. The van der Waals surface area contributed by atoms with Crippen molar-refractivity contribution in [1.82, 2.24) is 0 Å². The zero-order valence-electron chi connectivity index (χ0n) is 9.33. The normalized spacial score (nSPS) is 8.64. The average Bonchev–Trinajstić information content (AvgIpc) is 2.30. The summed E-state index contributed by atoms with van der Waals surface area (Å²) < 4.78 is 10.2. The Morgan fingerprint density at radius 1 is 1.14 bits per heavy atom. The number of hydrogen-bond acceptors (Lipinski definition) is 3. The summed E-state index contributed by atoms with van der Waals surface area (Å²) in [5, 5.41) is 0. The number of benzene rings is 1. The van der Waals surface area contributed by atoms with E-state index in [2.05, 4.69) is 0 Å². The van der Waals surface area contributed by atoms with Crippen LogP contribution in [0.4, 0.5) is 0 Å². The second-order valence-corrected chi connectivity index (χ2v) is 2.38. The standard InChI is InChI=1S/C9H13NO2.C2H6/c1-11-8-4-3-7(6-10)9(5-8)12-2;1-2/h3-5H,6,10H2,1-2H3;1-2H3. The Morgan fingerprint density at radius 3 is 2.21 bits per heavy atom. The predicted molar refractivity (Wildman–Crippen MR) is 58.8 cm³/mol. The molecule has 0 aliphatic rings. The molecule has 1 rings (SSSR count). The molecular formula is C11H19NO2. The van der Waals surface area contributed by atoms with Crippen molar-refractivity contribution in [3.63, 3.8) is 0 Å². The Labute approximate surface area is 85.8 Å². The van der Waals surface area contributed by atoms with E-state index in [4.69, 9.17) is 15.2 Å². The van der Waals surface area contributed by atoms with Crippen LogP contribution in [0.25, 0.3) is 0 Å². The molecule has 80 valence electrons. The molecule has 0 atom stereocenters. The van der Waals surface area contributed by atoms with Crippen molar-refractivity contribution in [2.24, 2.45) is 5.73 Å². The molecule has 0 bridgehead atoms. The lowest BCUT2D eigenvalue weighted by Gasteiger charge is -2.07. The lowest BCUT2D eigenvalue weighted by Crippen LogP contribution is -1.99. The first kappa shape index (κ1) is 12.8. The first-order valence-corrected chi connectivity index (χ1v) is 4.72. The van der Waals surface area contributed by atoms with E-state index in [0.717, 1.165) is 17.1 Å². The van der Waals surface area contributed by atoms with E-state index in [0.29, 0.717) is 6.54 Å². The SMILES string of the molecule is CC.COc1ccc(CN)c(OC)c1. The van der Waals surface area contributed by atoms with Crippen molar-refractivity contribution in [3.05, 3.63) is 23.8 Å². The summed E-state index contributed by atoms with van der Waals surface area (Å²) in [6.45, 7) is 4.48. The molecule has 0 aromatic heterocycles. The molecule has 0 saturated heterocycles. The van der Waals surface area contributed by atoms with Crippen LogP contribution in [0.15, 0.2) is 18.2 Å². The van der Waals surface area contributed by atoms with Gasteiger partial charge < -0.3 is 15.2 Å². The fraction of sp³-hybridized carbons (Fsp3) is 0.455. The van der Waals surface area contributed by atoms with E-state index < -0.39 is 0 Å². The minimum absolute atomic E-state index is 0.479. The van der Waals surface area contributed by atoms with E-state index in [1.165, 1.54) is 0 Å². The summed E-state index contributed by atoms with van der Waals surface area (Å²) in [5.74, 6) is 1.56. The number of ether oxygens (including phenoxy) is 2. The number of methoxy groups -OCH3 is 2. The fourth-order valence-corrected chi connectivity index (χ4v) is 1.02. The minimum atomic E-state index is 0.479. The third kappa shape index (κ3) is 3.26. The third-order valence-electron chi connectivity index (χ3n) is 1.71. The van der Waals surface area contributed by atoms with Crippen LogP contribution in [0.2, 0.25) is 0 Å². The van der Waals surface area contributed by atoms with E-state index in [1.807, 2.05) is 32.0 Å². The van der Waals surface area contributed by atoms with Gasteiger partial charge in [-0.3, -0.25) is 0 Å². The summed E-state index contributed by atoms with van der Waals surface area (Å²) in [5.41, 5.74) is 6.48. The van der Waals surface area contributed by atoms with E-state index in [9.17, 15) is 0 Å². The zero-order chi connectivity index (χ0) is 11.0. The zero-order valence-corrected chi connectivity index (χ0v) is 9.33. The van der Waals surface area contributed by atoms with Crippen molar-refractivity contribution < 1.29 is 9.47 Å². The molecule has 0 unspecified atom stereocenters. The third-order valence-corrected chi connectivity index (χ3v) is 1.71. The van der Waals surface area contributed by atoms with Gasteiger partial charge in [0.1, 0.15) is 11.5 Å². The average molecular weight is 197 g/mol. The number of hydrogen-bond donors (Lipinski definition) is 1. The van der Waals surface area contributed by atoms with Crippen LogP contribution in [0.5, 0.6) is 11.5 Å². The van der Waals surface area contributed by atoms with Gasteiger partial charge in [0.15, 0.2) is 0 Å². The Balaban J connectivity index is 0.000000791. The summed E-state index contributed by atoms with van der Waals surface area (Å²) in [6, 6.07) is 5.59. The van der Waals surface area contributed by atoms with Crippen molar-refractivity contribution in [1.29, 1.82) is 0 Å².